The van der Waals surface area contributed by atoms with Gasteiger partial charge in [0.2, 0.25) is 0 Å². The Hall–Kier alpha value is -3.81. The Bertz CT molecular complexity index is 1480. The third-order valence-electron chi connectivity index (χ3n) is 5.76. The number of rotatable bonds is 3. The number of para-hydroxylation sites is 1. The molecule has 5 aromatic rings. The van der Waals surface area contributed by atoms with Crippen molar-refractivity contribution in [2.75, 3.05) is 0 Å². The van der Waals surface area contributed by atoms with E-state index in [1.807, 2.05) is 30.3 Å². The Morgan fingerprint density at radius 1 is 0.706 bits per heavy atom. The van der Waals surface area contributed by atoms with Gasteiger partial charge in [-0.3, -0.25) is 4.98 Å². The fourth-order valence-corrected chi connectivity index (χ4v) is 4.25. The fraction of sp³-hybridized carbons (Fsp3) is 0.115. The van der Waals surface area contributed by atoms with Crippen LogP contribution in [0.5, 0.6) is 0 Å². The van der Waals surface area contributed by atoms with E-state index in [0.717, 1.165) is 23.9 Å². The molecule has 34 heavy (non-hydrogen) atoms. The molecule has 0 saturated carbocycles. The van der Waals surface area contributed by atoms with E-state index in [2.05, 4.69) is 4.98 Å². The zero-order valence-electron chi connectivity index (χ0n) is 17.5. The minimum atomic E-state index is -4.67. The highest BCUT2D eigenvalue weighted by molar-refractivity contribution is 6.15. The van der Waals surface area contributed by atoms with Crippen molar-refractivity contribution in [2.45, 2.75) is 18.9 Å². The lowest BCUT2D eigenvalue weighted by atomic mass is 10.0. The van der Waals surface area contributed by atoms with Crippen LogP contribution in [0.15, 0.2) is 85.1 Å². The lowest BCUT2D eigenvalue weighted by Gasteiger charge is -2.15. The number of hydrogen-bond acceptors (Lipinski definition) is 1. The van der Waals surface area contributed by atoms with Gasteiger partial charge in [0.15, 0.2) is 0 Å². The molecule has 0 radical (unpaired) electrons. The van der Waals surface area contributed by atoms with Gasteiger partial charge in [-0.25, -0.2) is 0 Å². The molecule has 0 aliphatic carbocycles. The molecule has 172 valence electrons. The van der Waals surface area contributed by atoms with Crippen molar-refractivity contribution < 1.29 is 26.3 Å². The summed E-state index contributed by atoms with van der Waals surface area (Å²) in [4.78, 5) is 4.09. The number of fused-ring (bicyclic) bond motifs is 3. The van der Waals surface area contributed by atoms with E-state index in [1.54, 1.807) is 28.8 Å². The van der Waals surface area contributed by atoms with Crippen molar-refractivity contribution in [1.82, 2.24) is 9.55 Å². The van der Waals surface area contributed by atoms with Gasteiger partial charge in [-0.1, -0.05) is 60.7 Å². The Morgan fingerprint density at radius 3 is 2.00 bits per heavy atom. The van der Waals surface area contributed by atoms with Crippen LogP contribution < -0.4 is 0 Å². The average Bonchev–Trinajstić information content (AvgIpc) is 3.12. The van der Waals surface area contributed by atoms with Crippen LogP contribution in [0.3, 0.4) is 0 Å². The third kappa shape index (κ3) is 3.79. The highest BCUT2D eigenvalue weighted by Crippen LogP contribution is 2.43. The van der Waals surface area contributed by atoms with Crippen LogP contribution in [0.2, 0.25) is 0 Å². The molecule has 5 rings (SSSR count). The van der Waals surface area contributed by atoms with E-state index in [-0.39, 0.29) is 23.1 Å². The number of aromatic nitrogens is 2. The van der Waals surface area contributed by atoms with Crippen molar-refractivity contribution in [3.8, 4) is 11.3 Å². The van der Waals surface area contributed by atoms with Crippen molar-refractivity contribution in [3.05, 3.63) is 102 Å². The zero-order chi connectivity index (χ0) is 24.1. The summed E-state index contributed by atoms with van der Waals surface area (Å²) in [7, 11) is 0. The molecule has 0 fully saturated rings. The van der Waals surface area contributed by atoms with Gasteiger partial charge in [0, 0.05) is 34.6 Å². The van der Waals surface area contributed by atoms with Crippen LogP contribution in [0.1, 0.15) is 16.7 Å². The summed E-state index contributed by atoms with van der Waals surface area (Å²) in [5.41, 5.74) is 0.0897. The number of alkyl halides is 6. The zero-order valence-corrected chi connectivity index (χ0v) is 17.5. The molecule has 0 atom stereocenters. The number of benzene rings is 3. The first-order valence-corrected chi connectivity index (χ1v) is 10.3. The molecule has 0 spiro atoms. The van der Waals surface area contributed by atoms with Gasteiger partial charge in [0.1, 0.15) is 0 Å². The van der Waals surface area contributed by atoms with Crippen LogP contribution in [0.4, 0.5) is 26.3 Å². The van der Waals surface area contributed by atoms with E-state index < -0.39 is 23.5 Å². The Labute approximate surface area is 190 Å². The van der Waals surface area contributed by atoms with Gasteiger partial charge in [-0.05, 0) is 23.8 Å². The summed E-state index contributed by atoms with van der Waals surface area (Å²) in [6, 6.07) is 20.3. The Balaban J connectivity index is 1.84. The van der Waals surface area contributed by atoms with Crippen molar-refractivity contribution in [3.63, 3.8) is 0 Å². The molecule has 0 bridgehead atoms. The largest absolute Gasteiger partial charge is 0.419 e. The third-order valence-corrected chi connectivity index (χ3v) is 5.76. The van der Waals surface area contributed by atoms with Gasteiger partial charge >= 0.3 is 12.4 Å². The highest BCUT2D eigenvalue weighted by atomic mass is 19.4. The van der Waals surface area contributed by atoms with Gasteiger partial charge in [0.25, 0.3) is 0 Å². The molecule has 2 heterocycles. The lowest BCUT2D eigenvalue weighted by Crippen LogP contribution is -2.10. The smallest absolute Gasteiger partial charge is 0.335 e. The molecule has 0 saturated heterocycles. The van der Waals surface area contributed by atoms with Gasteiger partial charge in [-0.2, -0.15) is 26.3 Å². The molecule has 0 unspecified atom stereocenters. The molecular formula is C26H16F6N2. The minimum Gasteiger partial charge on any atom is -0.335 e. The average molecular weight is 470 g/mol. The molecule has 0 N–H and O–H groups in total. The summed E-state index contributed by atoms with van der Waals surface area (Å²) in [6.45, 7) is 0.185. The summed E-state index contributed by atoms with van der Waals surface area (Å²) >= 11 is 0. The summed E-state index contributed by atoms with van der Waals surface area (Å²) in [6.07, 6.45) is -8.43. The number of pyridine rings is 1. The lowest BCUT2D eigenvalue weighted by molar-refractivity contribution is -0.138. The van der Waals surface area contributed by atoms with E-state index in [4.69, 9.17) is 0 Å². The first-order chi connectivity index (χ1) is 16.1. The van der Waals surface area contributed by atoms with E-state index >= 15 is 0 Å². The number of halogens is 6. The second-order valence-electron chi connectivity index (χ2n) is 7.91. The second kappa shape index (κ2) is 7.90. The molecule has 3 aromatic carbocycles. The molecule has 0 aliphatic rings. The standard InChI is InChI=1S/C26H16F6N2/c27-25(28,29)18-12-10-17(11-13-18)23-22-19-8-4-5-9-21(19)34(15-16-6-2-1-3-7-16)24(22)20(14-33-23)26(30,31)32/h1-14H,15H2. The predicted molar refractivity (Wildman–Crippen MR) is 118 cm³/mol. The summed E-state index contributed by atoms with van der Waals surface area (Å²) in [5.74, 6) is 0. The second-order valence-corrected chi connectivity index (χ2v) is 7.91. The van der Waals surface area contributed by atoms with Crippen LogP contribution in [-0.4, -0.2) is 9.55 Å². The van der Waals surface area contributed by atoms with Crippen molar-refractivity contribution in [2.24, 2.45) is 0 Å². The molecule has 0 amide bonds. The molecule has 2 aromatic heterocycles. The van der Waals surface area contributed by atoms with Crippen LogP contribution in [0, 0.1) is 0 Å². The minimum absolute atomic E-state index is 0.0533. The van der Waals surface area contributed by atoms with Crippen molar-refractivity contribution in [1.29, 1.82) is 0 Å². The molecular weight excluding hydrogens is 454 g/mol. The first kappa shape index (κ1) is 22.0. The fourth-order valence-electron chi connectivity index (χ4n) is 4.25. The summed E-state index contributed by atoms with van der Waals surface area (Å²) in [5, 5.41) is 0.794. The van der Waals surface area contributed by atoms with Gasteiger partial charge in [-0.15, -0.1) is 0 Å². The van der Waals surface area contributed by atoms with Gasteiger partial charge < -0.3 is 4.57 Å². The maximum atomic E-state index is 14.1. The number of hydrogen-bond donors (Lipinski definition) is 0. The van der Waals surface area contributed by atoms with E-state index in [0.29, 0.717) is 16.5 Å². The number of nitrogens with zero attached hydrogens (tertiary/aromatic N) is 2. The normalized spacial score (nSPS) is 12.5. The highest BCUT2D eigenvalue weighted by Gasteiger charge is 2.36. The van der Waals surface area contributed by atoms with Crippen LogP contribution >= 0.6 is 0 Å². The maximum Gasteiger partial charge on any atom is 0.419 e. The predicted octanol–water partition coefficient (Wildman–Crippen LogP) is 7.94. The van der Waals surface area contributed by atoms with Crippen LogP contribution in [0.25, 0.3) is 33.1 Å². The van der Waals surface area contributed by atoms with E-state index in [1.165, 1.54) is 12.1 Å². The molecule has 0 aliphatic heterocycles. The molecule has 2 nitrogen and oxygen atoms in total. The SMILES string of the molecule is FC(F)(F)c1ccc(-c2ncc(C(F)(F)F)c3c2c2ccccc2n3Cc2ccccc2)cc1. The quantitative estimate of drug-likeness (QED) is 0.245. The monoisotopic (exact) mass is 470 g/mol. The summed E-state index contributed by atoms with van der Waals surface area (Å²) < 4.78 is 83.0. The Morgan fingerprint density at radius 2 is 1.35 bits per heavy atom. The van der Waals surface area contributed by atoms with Crippen molar-refractivity contribution >= 4 is 21.8 Å². The van der Waals surface area contributed by atoms with Crippen LogP contribution in [-0.2, 0) is 18.9 Å². The van der Waals surface area contributed by atoms with E-state index in [9.17, 15) is 26.3 Å². The molecule has 8 heteroatoms. The maximum absolute atomic E-state index is 14.1. The van der Waals surface area contributed by atoms with Gasteiger partial charge in [0.05, 0.1) is 22.3 Å². The Kier molecular flexibility index (Phi) is 5.11. The first-order valence-electron chi connectivity index (χ1n) is 10.3. The topological polar surface area (TPSA) is 17.8 Å².